The molecule has 0 heterocycles. The third-order valence-electron chi connectivity index (χ3n) is 2.60. The molecule has 1 aromatic carbocycles. The molecule has 0 aromatic heterocycles. The van der Waals surface area contributed by atoms with Gasteiger partial charge in [0.25, 0.3) is 0 Å². The van der Waals surface area contributed by atoms with Crippen LogP contribution < -0.4 is 5.32 Å². The molecule has 1 aromatic rings. The fourth-order valence-corrected chi connectivity index (χ4v) is 1.30. The van der Waals surface area contributed by atoms with Crippen molar-refractivity contribution in [1.82, 2.24) is 0 Å². The molecule has 0 spiro atoms. The molecule has 0 aliphatic heterocycles. The predicted octanol–water partition coefficient (Wildman–Crippen LogP) is 2.15. The molecule has 1 atom stereocenters. The maximum atomic E-state index is 13.1. The van der Waals surface area contributed by atoms with Crippen LogP contribution in [-0.4, -0.2) is 17.6 Å². The largest absolute Gasteiger partial charge is 0.384 e. The Morgan fingerprint density at radius 3 is 2.89 bits per heavy atom. The van der Waals surface area contributed by atoms with E-state index in [4.69, 9.17) is 5.11 Å². The number of aliphatic hydroxyl groups excluding tert-OH is 1. The first-order chi connectivity index (χ1) is 8.58. The summed E-state index contributed by atoms with van der Waals surface area (Å²) in [6.07, 6.45) is 0.727. The minimum atomic E-state index is -0.432. The number of hydrogen-bond donors (Lipinski definition) is 2. The van der Waals surface area contributed by atoms with E-state index in [0.29, 0.717) is 11.3 Å². The van der Waals surface area contributed by atoms with Crippen LogP contribution in [0.15, 0.2) is 18.2 Å². The van der Waals surface area contributed by atoms with Crippen LogP contribution in [0.5, 0.6) is 0 Å². The van der Waals surface area contributed by atoms with E-state index < -0.39 is 5.82 Å². The van der Waals surface area contributed by atoms with E-state index >= 15 is 0 Å². The molecular weight excluding hydrogens is 233 g/mol. The van der Waals surface area contributed by atoms with Crippen molar-refractivity contribution in [3.05, 3.63) is 29.6 Å². The molecule has 0 fully saturated rings. The molecule has 0 saturated heterocycles. The van der Waals surface area contributed by atoms with Gasteiger partial charge in [-0.15, -0.1) is 0 Å². The van der Waals surface area contributed by atoms with E-state index in [9.17, 15) is 9.18 Å². The summed E-state index contributed by atoms with van der Waals surface area (Å²) in [6, 6.07) is 3.96. The van der Waals surface area contributed by atoms with E-state index in [1.165, 1.54) is 18.2 Å². The lowest BCUT2D eigenvalue weighted by Gasteiger charge is -2.11. The Balaban J connectivity index is 2.97. The SMILES string of the molecule is CCC(C)C(=O)Nc1ccc(F)cc1C#CCO. The van der Waals surface area contributed by atoms with Gasteiger partial charge in [-0.1, -0.05) is 25.7 Å². The third-order valence-corrected chi connectivity index (χ3v) is 2.60. The Kier molecular flexibility index (Phi) is 5.34. The first-order valence-corrected chi connectivity index (χ1v) is 5.78. The molecule has 18 heavy (non-hydrogen) atoms. The lowest BCUT2D eigenvalue weighted by molar-refractivity contribution is -0.119. The van der Waals surface area contributed by atoms with E-state index in [2.05, 4.69) is 17.2 Å². The van der Waals surface area contributed by atoms with Crippen molar-refractivity contribution >= 4 is 11.6 Å². The highest BCUT2D eigenvalue weighted by Crippen LogP contribution is 2.17. The summed E-state index contributed by atoms with van der Waals surface area (Å²) in [5.41, 5.74) is 0.823. The first-order valence-electron chi connectivity index (χ1n) is 5.78. The van der Waals surface area contributed by atoms with Crippen LogP contribution in [0.1, 0.15) is 25.8 Å². The topological polar surface area (TPSA) is 49.3 Å². The maximum absolute atomic E-state index is 13.1. The average molecular weight is 249 g/mol. The summed E-state index contributed by atoms with van der Waals surface area (Å²) in [5, 5.41) is 11.3. The number of benzene rings is 1. The fourth-order valence-electron chi connectivity index (χ4n) is 1.30. The van der Waals surface area contributed by atoms with Gasteiger partial charge in [-0.05, 0) is 24.6 Å². The Bertz CT molecular complexity index is 488. The number of nitrogens with one attached hydrogen (secondary N) is 1. The number of rotatable bonds is 3. The van der Waals surface area contributed by atoms with Crippen LogP contribution >= 0.6 is 0 Å². The highest BCUT2D eigenvalue weighted by atomic mass is 19.1. The molecule has 0 aliphatic rings. The van der Waals surface area contributed by atoms with Crippen molar-refractivity contribution in [2.45, 2.75) is 20.3 Å². The van der Waals surface area contributed by atoms with Crippen LogP contribution in [0.3, 0.4) is 0 Å². The maximum Gasteiger partial charge on any atom is 0.227 e. The second-order valence-electron chi connectivity index (χ2n) is 3.95. The number of aliphatic hydroxyl groups is 1. The van der Waals surface area contributed by atoms with Gasteiger partial charge < -0.3 is 10.4 Å². The number of halogens is 1. The standard InChI is InChI=1S/C14H16FNO2/c1-3-10(2)14(18)16-13-7-6-12(15)9-11(13)5-4-8-17/h6-7,9-10,17H,3,8H2,1-2H3,(H,16,18). The second kappa shape index (κ2) is 6.77. The fraction of sp³-hybridized carbons (Fsp3) is 0.357. The van der Waals surface area contributed by atoms with Crippen LogP contribution in [0.2, 0.25) is 0 Å². The van der Waals surface area contributed by atoms with Crippen molar-refractivity contribution in [2.75, 3.05) is 11.9 Å². The van der Waals surface area contributed by atoms with Crippen LogP contribution in [0.25, 0.3) is 0 Å². The summed E-state index contributed by atoms with van der Waals surface area (Å²) >= 11 is 0. The summed E-state index contributed by atoms with van der Waals surface area (Å²) in [5.74, 6) is 4.37. The Labute approximate surface area is 106 Å². The molecule has 96 valence electrons. The number of carbonyl (C=O) groups is 1. The monoisotopic (exact) mass is 249 g/mol. The first kappa shape index (κ1) is 14.2. The van der Waals surface area contributed by atoms with Gasteiger partial charge in [0, 0.05) is 5.92 Å². The molecule has 0 bridgehead atoms. The number of hydrogen-bond acceptors (Lipinski definition) is 2. The molecule has 0 radical (unpaired) electrons. The normalized spacial score (nSPS) is 11.3. The Morgan fingerprint density at radius 1 is 1.56 bits per heavy atom. The molecule has 1 amide bonds. The van der Waals surface area contributed by atoms with Crippen molar-refractivity contribution in [3.8, 4) is 11.8 Å². The molecule has 4 heteroatoms. The van der Waals surface area contributed by atoms with E-state index in [-0.39, 0.29) is 18.4 Å². The summed E-state index contributed by atoms with van der Waals surface area (Å²) in [7, 11) is 0. The highest BCUT2D eigenvalue weighted by Gasteiger charge is 2.12. The van der Waals surface area contributed by atoms with Crippen molar-refractivity contribution in [3.63, 3.8) is 0 Å². The van der Waals surface area contributed by atoms with Gasteiger partial charge in [-0.25, -0.2) is 4.39 Å². The molecule has 1 unspecified atom stereocenters. The molecule has 2 N–H and O–H groups in total. The summed E-state index contributed by atoms with van der Waals surface area (Å²) < 4.78 is 13.1. The third kappa shape index (κ3) is 3.86. The van der Waals surface area contributed by atoms with Crippen LogP contribution in [0.4, 0.5) is 10.1 Å². The lowest BCUT2D eigenvalue weighted by atomic mass is 10.1. The molecule has 1 rings (SSSR count). The zero-order valence-corrected chi connectivity index (χ0v) is 10.5. The summed E-state index contributed by atoms with van der Waals surface area (Å²) in [4.78, 5) is 11.8. The average Bonchev–Trinajstić information content (AvgIpc) is 2.37. The van der Waals surface area contributed by atoms with Gasteiger partial charge in [0.1, 0.15) is 12.4 Å². The quantitative estimate of drug-likeness (QED) is 0.806. The molecular formula is C14H16FNO2. The predicted molar refractivity (Wildman–Crippen MR) is 68.4 cm³/mol. The highest BCUT2D eigenvalue weighted by molar-refractivity contribution is 5.93. The minimum absolute atomic E-state index is 0.117. The van der Waals surface area contributed by atoms with E-state index in [0.717, 1.165) is 6.42 Å². The van der Waals surface area contributed by atoms with E-state index in [1.807, 2.05) is 13.8 Å². The zero-order valence-electron chi connectivity index (χ0n) is 10.5. The Morgan fingerprint density at radius 2 is 2.28 bits per heavy atom. The lowest BCUT2D eigenvalue weighted by Crippen LogP contribution is -2.20. The van der Waals surface area contributed by atoms with Gasteiger partial charge in [-0.2, -0.15) is 0 Å². The van der Waals surface area contributed by atoms with Crippen molar-refractivity contribution in [1.29, 1.82) is 0 Å². The van der Waals surface area contributed by atoms with Crippen LogP contribution in [-0.2, 0) is 4.79 Å². The van der Waals surface area contributed by atoms with Crippen molar-refractivity contribution in [2.24, 2.45) is 5.92 Å². The zero-order chi connectivity index (χ0) is 13.5. The van der Waals surface area contributed by atoms with Gasteiger partial charge in [-0.3, -0.25) is 4.79 Å². The summed E-state index contributed by atoms with van der Waals surface area (Å²) in [6.45, 7) is 3.43. The second-order valence-corrected chi connectivity index (χ2v) is 3.95. The van der Waals surface area contributed by atoms with Crippen molar-refractivity contribution < 1.29 is 14.3 Å². The van der Waals surface area contributed by atoms with Crippen LogP contribution in [0, 0.1) is 23.6 Å². The van der Waals surface area contributed by atoms with Gasteiger partial charge in [0.2, 0.25) is 5.91 Å². The number of amides is 1. The van der Waals surface area contributed by atoms with Gasteiger partial charge in [0.15, 0.2) is 0 Å². The van der Waals surface area contributed by atoms with E-state index in [1.54, 1.807) is 0 Å². The molecule has 0 saturated carbocycles. The smallest absolute Gasteiger partial charge is 0.227 e. The minimum Gasteiger partial charge on any atom is -0.384 e. The Hall–Kier alpha value is -1.86. The molecule has 0 aliphatic carbocycles. The van der Waals surface area contributed by atoms with Gasteiger partial charge >= 0.3 is 0 Å². The van der Waals surface area contributed by atoms with Gasteiger partial charge in [0.05, 0.1) is 11.3 Å². The number of carbonyl (C=O) groups excluding carboxylic acids is 1. The molecule has 3 nitrogen and oxygen atoms in total. The number of anilines is 1.